The van der Waals surface area contributed by atoms with Crippen molar-refractivity contribution in [3.05, 3.63) is 46.7 Å². The molecule has 0 saturated carbocycles. The first-order valence-corrected chi connectivity index (χ1v) is 8.43. The monoisotopic (exact) mass is 361 g/mol. The number of benzene rings is 1. The Kier molecular flexibility index (Phi) is 4.89. The van der Waals surface area contributed by atoms with Crippen LogP contribution in [-0.2, 0) is 14.3 Å². The summed E-state index contributed by atoms with van der Waals surface area (Å²) >= 11 is 1.52. The Morgan fingerprint density at radius 1 is 1.24 bits per heavy atom. The highest BCUT2D eigenvalue weighted by molar-refractivity contribution is 8.04. The summed E-state index contributed by atoms with van der Waals surface area (Å²) in [7, 11) is 4.49. The number of methoxy groups -OCH3 is 3. The summed E-state index contributed by atoms with van der Waals surface area (Å²) in [6.45, 7) is 1.92. The van der Waals surface area contributed by atoms with Crippen LogP contribution in [-0.4, -0.2) is 44.1 Å². The summed E-state index contributed by atoms with van der Waals surface area (Å²) in [4.78, 5) is 14.9. The molecule has 0 fully saturated rings. The lowest BCUT2D eigenvalue weighted by Gasteiger charge is -2.24. The van der Waals surface area contributed by atoms with Gasteiger partial charge in [-0.05, 0) is 31.2 Å². The molecule has 1 aromatic carbocycles. The molecular weight excluding hydrogens is 342 g/mol. The van der Waals surface area contributed by atoms with Gasteiger partial charge in [0.05, 0.1) is 33.3 Å². The van der Waals surface area contributed by atoms with Gasteiger partial charge in [-0.25, -0.2) is 9.80 Å². The van der Waals surface area contributed by atoms with E-state index in [2.05, 4.69) is 5.10 Å². The van der Waals surface area contributed by atoms with E-state index in [4.69, 9.17) is 14.2 Å². The van der Waals surface area contributed by atoms with Crippen LogP contribution in [0.2, 0.25) is 0 Å². The molecule has 132 valence electrons. The molecule has 25 heavy (non-hydrogen) atoms. The molecular formula is C17H19N3O4S. The average molecular weight is 361 g/mol. The van der Waals surface area contributed by atoms with E-state index < -0.39 is 5.97 Å². The second-order valence-corrected chi connectivity index (χ2v) is 6.36. The van der Waals surface area contributed by atoms with Crippen molar-refractivity contribution in [2.45, 2.75) is 12.4 Å². The van der Waals surface area contributed by atoms with Crippen LogP contribution in [0.4, 0.5) is 5.69 Å². The van der Waals surface area contributed by atoms with Gasteiger partial charge in [-0.2, -0.15) is 5.10 Å². The summed E-state index contributed by atoms with van der Waals surface area (Å²) in [5.41, 5.74) is 2.13. The average Bonchev–Trinajstić information content (AvgIpc) is 3.19. The summed E-state index contributed by atoms with van der Waals surface area (Å²) in [6, 6.07) is 7.73. The quantitative estimate of drug-likeness (QED) is 0.454. The molecule has 0 radical (unpaired) electrons. The van der Waals surface area contributed by atoms with Crippen LogP contribution in [0.5, 0.6) is 5.75 Å². The van der Waals surface area contributed by atoms with Crippen LogP contribution in [0.15, 0.2) is 51.8 Å². The molecule has 2 aliphatic rings. The highest BCUT2D eigenvalue weighted by Gasteiger charge is 2.40. The van der Waals surface area contributed by atoms with Gasteiger partial charge >= 0.3 is 5.97 Å². The Morgan fingerprint density at radius 3 is 2.56 bits per heavy atom. The maximum Gasteiger partial charge on any atom is 0.342 e. The van der Waals surface area contributed by atoms with Gasteiger partial charge in [0, 0.05) is 10.6 Å². The molecule has 0 bridgehead atoms. The number of carbonyl (C=O) groups is 1. The van der Waals surface area contributed by atoms with E-state index in [1.165, 1.54) is 32.2 Å². The Balaban J connectivity index is 1.87. The third-order valence-electron chi connectivity index (χ3n) is 3.90. The normalized spacial score (nSPS) is 19.4. The summed E-state index contributed by atoms with van der Waals surface area (Å²) in [5, 5.41) is 6.33. The minimum atomic E-state index is -0.440. The Labute approximate surface area is 150 Å². The number of hydrazone groups is 1. The molecule has 1 unspecified atom stereocenters. The first kappa shape index (κ1) is 17.2. The second kappa shape index (κ2) is 7.10. The van der Waals surface area contributed by atoms with Crippen molar-refractivity contribution in [3.63, 3.8) is 0 Å². The van der Waals surface area contributed by atoms with Gasteiger partial charge < -0.3 is 14.2 Å². The minimum absolute atomic E-state index is 0.103. The van der Waals surface area contributed by atoms with Crippen molar-refractivity contribution in [1.82, 2.24) is 5.01 Å². The zero-order chi connectivity index (χ0) is 18.0. The Hall–Kier alpha value is -2.61. The molecule has 0 spiro atoms. The molecule has 8 heteroatoms. The number of fused-ring (bicyclic) bond motifs is 1. The van der Waals surface area contributed by atoms with Crippen LogP contribution in [0.1, 0.15) is 6.92 Å². The predicted molar refractivity (Wildman–Crippen MR) is 97.0 cm³/mol. The maximum absolute atomic E-state index is 12.1. The third kappa shape index (κ3) is 3.05. The second-order valence-electron chi connectivity index (χ2n) is 5.30. The minimum Gasteiger partial charge on any atom is -0.503 e. The fourth-order valence-corrected chi connectivity index (χ4v) is 3.96. The first-order valence-electron chi connectivity index (χ1n) is 7.55. The molecule has 1 aromatic rings. The van der Waals surface area contributed by atoms with E-state index in [0.717, 1.165) is 22.0 Å². The topological polar surface area (TPSA) is 63.6 Å². The van der Waals surface area contributed by atoms with E-state index in [1.807, 2.05) is 41.1 Å². The fourth-order valence-electron chi connectivity index (χ4n) is 2.63. The van der Waals surface area contributed by atoms with Crippen molar-refractivity contribution < 1.29 is 19.0 Å². The van der Waals surface area contributed by atoms with Crippen molar-refractivity contribution >= 4 is 29.8 Å². The van der Waals surface area contributed by atoms with Gasteiger partial charge in [0.25, 0.3) is 0 Å². The van der Waals surface area contributed by atoms with Crippen LogP contribution in [0, 0.1) is 0 Å². The summed E-state index contributed by atoms with van der Waals surface area (Å²) < 4.78 is 15.1. The van der Waals surface area contributed by atoms with E-state index in [0.29, 0.717) is 5.57 Å². The number of hydrogen-bond donors (Lipinski definition) is 0. The lowest BCUT2D eigenvalue weighted by Crippen LogP contribution is -2.33. The first-order chi connectivity index (χ1) is 12.1. The third-order valence-corrected chi connectivity index (χ3v) is 5.29. The van der Waals surface area contributed by atoms with Gasteiger partial charge in [0.1, 0.15) is 17.7 Å². The molecule has 0 aromatic heterocycles. The fraction of sp³-hybridized carbons (Fsp3) is 0.294. The SMILES string of the molecule is CO/C=C(\C(=O)OC)C1=C(C)N2N=CN(c3ccc(OC)cc3)C2S1. The van der Waals surface area contributed by atoms with Gasteiger partial charge in [0.15, 0.2) is 5.50 Å². The summed E-state index contributed by atoms with van der Waals surface area (Å²) in [6.07, 6.45) is 3.18. The van der Waals surface area contributed by atoms with E-state index in [9.17, 15) is 4.79 Å². The molecule has 0 saturated heterocycles. The largest absolute Gasteiger partial charge is 0.503 e. The number of allylic oxidation sites excluding steroid dienone is 1. The molecule has 0 amide bonds. The van der Waals surface area contributed by atoms with E-state index in [1.54, 1.807) is 13.4 Å². The highest BCUT2D eigenvalue weighted by atomic mass is 32.2. The molecule has 0 aliphatic carbocycles. The molecule has 2 aliphatic heterocycles. The summed E-state index contributed by atoms with van der Waals surface area (Å²) in [5.74, 6) is 0.353. The van der Waals surface area contributed by atoms with E-state index in [-0.39, 0.29) is 5.50 Å². The smallest absolute Gasteiger partial charge is 0.342 e. The number of rotatable bonds is 5. The number of esters is 1. The van der Waals surface area contributed by atoms with Crippen LogP contribution in [0.3, 0.4) is 0 Å². The van der Waals surface area contributed by atoms with Crippen LogP contribution >= 0.6 is 11.8 Å². The lowest BCUT2D eigenvalue weighted by atomic mass is 10.2. The predicted octanol–water partition coefficient (Wildman–Crippen LogP) is 2.73. The van der Waals surface area contributed by atoms with Crippen molar-refractivity contribution in [1.29, 1.82) is 0 Å². The molecule has 1 atom stereocenters. The van der Waals surface area contributed by atoms with Crippen molar-refractivity contribution in [2.24, 2.45) is 5.10 Å². The number of carbonyl (C=O) groups excluding carboxylic acids is 1. The number of nitrogens with zero attached hydrogens (tertiary/aromatic N) is 3. The van der Waals surface area contributed by atoms with Crippen LogP contribution in [0.25, 0.3) is 0 Å². The molecule has 7 nitrogen and oxygen atoms in total. The number of thioether (sulfide) groups is 1. The molecule has 0 N–H and O–H groups in total. The van der Waals surface area contributed by atoms with Crippen molar-refractivity contribution in [2.75, 3.05) is 26.2 Å². The van der Waals surface area contributed by atoms with Gasteiger partial charge in [-0.15, -0.1) is 0 Å². The Morgan fingerprint density at radius 2 is 1.96 bits per heavy atom. The lowest BCUT2D eigenvalue weighted by molar-refractivity contribution is -0.135. The van der Waals surface area contributed by atoms with Gasteiger partial charge in [0.2, 0.25) is 0 Å². The highest BCUT2D eigenvalue weighted by Crippen LogP contribution is 2.46. The number of hydrogen-bond acceptors (Lipinski definition) is 8. The Bertz CT molecular complexity index is 758. The van der Waals surface area contributed by atoms with Crippen molar-refractivity contribution in [3.8, 4) is 5.75 Å². The number of ether oxygens (including phenoxy) is 3. The maximum atomic E-state index is 12.1. The standard InChI is InChI=1S/C17H19N3O4S/c1-11-15(14(9-22-2)16(21)24-4)25-17-19(10-18-20(11)17)12-5-7-13(23-3)8-6-12/h5-10,17H,1-4H3/b14-9-. The zero-order valence-electron chi connectivity index (χ0n) is 14.4. The van der Waals surface area contributed by atoms with Gasteiger partial charge in [-0.1, -0.05) is 11.8 Å². The van der Waals surface area contributed by atoms with Gasteiger partial charge in [-0.3, -0.25) is 4.90 Å². The number of anilines is 1. The van der Waals surface area contributed by atoms with E-state index >= 15 is 0 Å². The zero-order valence-corrected chi connectivity index (χ0v) is 15.2. The molecule has 3 rings (SSSR count). The molecule has 2 heterocycles. The van der Waals surface area contributed by atoms with Crippen LogP contribution < -0.4 is 9.64 Å².